The number of carbonyl (C=O) groups is 2. The van der Waals surface area contributed by atoms with E-state index in [0.717, 1.165) is 43.7 Å². The van der Waals surface area contributed by atoms with Gasteiger partial charge < -0.3 is 15.5 Å². The maximum Gasteiger partial charge on any atom is 0.230 e. The fraction of sp³-hybridized carbons (Fsp3) is 0.867. The van der Waals surface area contributed by atoms with Crippen LogP contribution in [0.25, 0.3) is 0 Å². The third kappa shape index (κ3) is 5.03. The lowest BCUT2D eigenvalue weighted by atomic mass is 9.84. The molecule has 0 aromatic carbocycles. The van der Waals surface area contributed by atoms with E-state index in [1.54, 1.807) is 19.0 Å². The molecule has 2 N–H and O–H groups in total. The molecule has 128 valence electrons. The Morgan fingerprint density at radius 2 is 2.00 bits per heavy atom. The molecule has 2 aliphatic rings. The van der Waals surface area contributed by atoms with Crippen LogP contribution in [-0.2, 0) is 9.59 Å². The number of hydrogen-bond donors (Lipinski definition) is 2. The molecule has 0 bridgehead atoms. The Bertz CT molecular complexity index is 381. The zero-order valence-corrected chi connectivity index (χ0v) is 15.2. The summed E-state index contributed by atoms with van der Waals surface area (Å²) in [6.07, 6.45) is 4.45. The van der Waals surface area contributed by atoms with Crippen LogP contribution in [0.5, 0.6) is 0 Å². The summed E-state index contributed by atoms with van der Waals surface area (Å²) in [5.74, 6) is 2.34. The van der Waals surface area contributed by atoms with Gasteiger partial charge in [0.25, 0.3) is 0 Å². The van der Waals surface area contributed by atoms with Crippen molar-refractivity contribution >= 4 is 36.0 Å². The lowest BCUT2D eigenvalue weighted by Gasteiger charge is -2.31. The van der Waals surface area contributed by atoms with Gasteiger partial charge in [-0.1, -0.05) is 12.8 Å². The Labute approximate surface area is 143 Å². The largest absolute Gasteiger partial charge is 0.355 e. The van der Waals surface area contributed by atoms with Gasteiger partial charge in [0.2, 0.25) is 11.8 Å². The molecule has 1 saturated heterocycles. The van der Waals surface area contributed by atoms with Crippen molar-refractivity contribution in [3.8, 4) is 0 Å². The summed E-state index contributed by atoms with van der Waals surface area (Å²) in [4.78, 5) is 26.2. The lowest BCUT2D eigenvalue weighted by molar-refractivity contribution is -0.139. The average Bonchev–Trinajstić information content (AvgIpc) is 2.95. The minimum absolute atomic E-state index is 0. The molecule has 0 spiro atoms. The first-order valence-corrected chi connectivity index (χ1v) is 8.98. The van der Waals surface area contributed by atoms with Crippen LogP contribution in [0.2, 0.25) is 0 Å². The molecule has 2 amide bonds. The van der Waals surface area contributed by atoms with Gasteiger partial charge in [-0.05, 0) is 12.8 Å². The number of halogens is 1. The second-order valence-electron chi connectivity index (χ2n) is 6.39. The van der Waals surface area contributed by atoms with Crippen molar-refractivity contribution in [1.29, 1.82) is 0 Å². The van der Waals surface area contributed by atoms with Gasteiger partial charge in [0.15, 0.2) is 0 Å². The maximum atomic E-state index is 12.4. The highest BCUT2D eigenvalue weighted by molar-refractivity contribution is 7.99. The van der Waals surface area contributed by atoms with Crippen molar-refractivity contribution in [2.24, 2.45) is 5.41 Å². The Morgan fingerprint density at radius 3 is 2.55 bits per heavy atom. The normalized spacial score (nSPS) is 23.5. The van der Waals surface area contributed by atoms with E-state index in [4.69, 9.17) is 0 Å². The summed E-state index contributed by atoms with van der Waals surface area (Å²) in [5, 5.41) is 6.38. The van der Waals surface area contributed by atoms with Gasteiger partial charge in [-0.2, -0.15) is 11.8 Å². The van der Waals surface area contributed by atoms with Crippen molar-refractivity contribution < 1.29 is 9.59 Å². The lowest BCUT2D eigenvalue weighted by Crippen LogP contribution is -2.48. The Balaban J connectivity index is 0.00000242. The van der Waals surface area contributed by atoms with E-state index < -0.39 is 0 Å². The van der Waals surface area contributed by atoms with Crippen molar-refractivity contribution in [1.82, 2.24) is 15.5 Å². The van der Waals surface area contributed by atoms with Crippen LogP contribution in [0.15, 0.2) is 0 Å². The molecule has 1 saturated carbocycles. The maximum absolute atomic E-state index is 12.4. The van der Waals surface area contributed by atoms with Gasteiger partial charge in [0, 0.05) is 51.2 Å². The molecule has 5 nitrogen and oxygen atoms in total. The molecule has 2 fully saturated rings. The first-order chi connectivity index (χ1) is 10.0. The van der Waals surface area contributed by atoms with Crippen LogP contribution >= 0.6 is 24.2 Å². The second kappa shape index (κ2) is 8.99. The van der Waals surface area contributed by atoms with Gasteiger partial charge in [0.05, 0.1) is 5.41 Å². The minimum atomic E-state index is -0.367. The topological polar surface area (TPSA) is 61.4 Å². The number of thioether (sulfide) groups is 1. The number of carbonyl (C=O) groups excluding carboxylic acids is 2. The molecule has 1 aliphatic carbocycles. The van der Waals surface area contributed by atoms with E-state index in [1.807, 2.05) is 11.8 Å². The van der Waals surface area contributed by atoms with E-state index >= 15 is 0 Å². The summed E-state index contributed by atoms with van der Waals surface area (Å²) in [6, 6.07) is 0.271. The number of nitrogens with one attached hydrogen (secondary N) is 2. The number of rotatable bonds is 5. The third-order valence-electron chi connectivity index (χ3n) is 4.47. The fourth-order valence-electron chi connectivity index (χ4n) is 3.31. The van der Waals surface area contributed by atoms with Gasteiger partial charge in [-0.15, -0.1) is 12.4 Å². The van der Waals surface area contributed by atoms with E-state index in [0.29, 0.717) is 13.0 Å². The van der Waals surface area contributed by atoms with Crippen LogP contribution in [0.3, 0.4) is 0 Å². The molecule has 1 aliphatic heterocycles. The zero-order valence-electron chi connectivity index (χ0n) is 13.5. The van der Waals surface area contributed by atoms with Crippen molar-refractivity contribution in [3.63, 3.8) is 0 Å². The smallest absolute Gasteiger partial charge is 0.230 e. The van der Waals surface area contributed by atoms with Gasteiger partial charge in [-0.25, -0.2) is 0 Å². The zero-order chi connectivity index (χ0) is 15.3. The molecule has 1 heterocycles. The molecule has 2 rings (SSSR count). The Hall–Kier alpha value is -0.460. The minimum Gasteiger partial charge on any atom is -0.355 e. The molecule has 0 aromatic heterocycles. The van der Waals surface area contributed by atoms with Crippen LogP contribution in [0.4, 0.5) is 0 Å². The predicted molar refractivity (Wildman–Crippen MR) is 93.6 cm³/mol. The first kappa shape index (κ1) is 19.6. The van der Waals surface area contributed by atoms with Gasteiger partial charge >= 0.3 is 0 Å². The molecule has 22 heavy (non-hydrogen) atoms. The summed E-state index contributed by atoms with van der Waals surface area (Å²) in [5.41, 5.74) is -0.367. The average molecular weight is 350 g/mol. The van der Waals surface area contributed by atoms with E-state index in [1.165, 1.54) is 0 Å². The quantitative estimate of drug-likeness (QED) is 0.784. The summed E-state index contributed by atoms with van der Waals surface area (Å²) >= 11 is 1.89. The standard InChI is InChI=1S/C15H27N3O2S.ClH/c1-18(2)14(20)15(5-3-4-6-15)11-17-13(19)9-12-10-21-8-7-16-12;/h12,16H,3-11H2,1-2H3,(H,17,19);1H. The number of amides is 2. The molecule has 1 unspecified atom stereocenters. The molecular weight excluding hydrogens is 322 g/mol. The monoisotopic (exact) mass is 349 g/mol. The van der Waals surface area contributed by atoms with Crippen LogP contribution in [-0.4, -0.2) is 61.4 Å². The highest BCUT2D eigenvalue weighted by Gasteiger charge is 2.42. The summed E-state index contributed by atoms with van der Waals surface area (Å²) < 4.78 is 0. The van der Waals surface area contributed by atoms with Crippen molar-refractivity contribution in [2.75, 3.05) is 38.7 Å². The third-order valence-corrected chi connectivity index (χ3v) is 5.61. The first-order valence-electron chi connectivity index (χ1n) is 7.83. The molecular formula is C15H28ClN3O2S. The second-order valence-corrected chi connectivity index (χ2v) is 7.54. The van der Waals surface area contributed by atoms with Gasteiger partial charge in [0.1, 0.15) is 0 Å². The highest BCUT2D eigenvalue weighted by atomic mass is 35.5. The number of nitrogens with zero attached hydrogens (tertiary/aromatic N) is 1. The summed E-state index contributed by atoms with van der Waals surface area (Å²) in [6.45, 7) is 1.47. The molecule has 0 aromatic rings. The number of hydrogen-bond acceptors (Lipinski definition) is 4. The Kier molecular flexibility index (Phi) is 8.00. The predicted octanol–water partition coefficient (Wildman–Crippen LogP) is 1.27. The SMILES string of the molecule is CN(C)C(=O)C1(CNC(=O)CC2CSCCN2)CCCC1.Cl. The molecule has 7 heteroatoms. The van der Waals surface area contributed by atoms with E-state index in [-0.39, 0.29) is 35.7 Å². The van der Waals surface area contributed by atoms with E-state index in [9.17, 15) is 9.59 Å². The fourth-order valence-corrected chi connectivity index (χ4v) is 4.26. The Morgan fingerprint density at radius 1 is 1.32 bits per heavy atom. The molecule has 0 radical (unpaired) electrons. The van der Waals surface area contributed by atoms with Crippen LogP contribution in [0.1, 0.15) is 32.1 Å². The van der Waals surface area contributed by atoms with Crippen LogP contribution < -0.4 is 10.6 Å². The highest BCUT2D eigenvalue weighted by Crippen LogP contribution is 2.38. The van der Waals surface area contributed by atoms with E-state index in [2.05, 4.69) is 10.6 Å². The van der Waals surface area contributed by atoms with Crippen molar-refractivity contribution in [3.05, 3.63) is 0 Å². The van der Waals surface area contributed by atoms with Crippen LogP contribution in [0, 0.1) is 5.41 Å². The molecule has 1 atom stereocenters. The van der Waals surface area contributed by atoms with Gasteiger partial charge in [-0.3, -0.25) is 9.59 Å². The van der Waals surface area contributed by atoms with Crippen molar-refractivity contribution in [2.45, 2.75) is 38.1 Å². The summed E-state index contributed by atoms with van der Waals surface area (Å²) in [7, 11) is 3.60.